The second kappa shape index (κ2) is 8.63. The maximum absolute atomic E-state index is 14.1. The molecule has 162 valence electrons. The Kier molecular flexibility index (Phi) is 6.36. The molecule has 30 heavy (non-hydrogen) atoms. The van der Waals surface area contributed by atoms with Crippen LogP contribution in [0.5, 0.6) is 5.75 Å². The van der Waals surface area contributed by atoms with E-state index in [1.807, 2.05) is 38.1 Å². The van der Waals surface area contributed by atoms with Gasteiger partial charge in [-0.05, 0) is 38.5 Å². The molecule has 2 aromatic carbocycles. The van der Waals surface area contributed by atoms with Crippen molar-refractivity contribution in [3.05, 3.63) is 59.9 Å². The summed E-state index contributed by atoms with van der Waals surface area (Å²) in [6.07, 6.45) is 2.04. The summed E-state index contributed by atoms with van der Waals surface area (Å²) in [5.41, 5.74) is 0.499. The summed E-state index contributed by atoms with van der Waals surface area (Å²) in [6, 6.07) is 13.1. The van der Waals surface area contributed by atoms with Gasteiger partial charge in [-0.15, -0.1) is 0 Å². The van der Waals surface area contributed by atoms with Gasteiger partial charge < -0.3 is 10.1 Å². The number of hydrogen-bond acceptors (Lipinski definition) is 4. The third kappa shape index (κ3) is 5.30. The second-order valence-electron chi connectivity index (χ2n) is 8.11. The van der Waals surface area contributed by atoms with Crippen molar-refractivity contribution in [3.8, 4) is 5.75 Å². The largest absolute Gasteiger partial charge is 0.487 e. The number of nitrogens with one attached hydrogen (secondary N) is 1. The first kappa shape index (κ1) is 22.1. The van der Waals surface area contributed by atoms with Crippen molar-refractivity contribution in [3.63, 3.8) is 0 Å². The number of rotatable bonds is 7. The molecule has 1 atom stereocenters. The van der Waals surface area contributed by atoms with Crippen molar-refractivity contribution in [1.82, 2.24) is 5.32 Å². The summed E-state index contributed by atoms with van der Waals surface area (Å²) in [5.74, 6) is -0.0511. The van der Waals surface area contributed by atoms with Crippen molar-refractivity contribution in [2.45, 2.75) is 44.8 Å². The van der Waals surface area contributed by atoms with E-state index >= 15 is 0 Å². The van der Waals surface area contributed by atoms with Crippen LogP contribution >= 0.6 is 0 Å². The molecule has 0 aromatic heterocycles. The van der Waals surface area contributed by atoms with E-state index < -0.39 is 21.4 Å². The molecule has 0 saturated heterocycles. The number of hydrogen-bond donors (Lipinski definition) is 1. The number of sulfonamides is 1. The molecule has 1 amide bonds. The molecule has 0 bridgehead atoms. The number of para-hydroxylation sites is 2. The van der Waals surface area contributed by atoms with E-state index in [9.17, 15) is 17.6 Å². The Morgan fingerprint density at radius 3 is 2.57 bits per heavy atom. The van der Waals surface area contributed by atoms with Crippen LogP contribution in [0, 0.1) is 5.82 Å². The summed E-state index contributed by atoms with van der Waals surface area (Å²) in [7, 11) is -3.68. The summed E-state index contributed by atoms with van der Waals surface area (Å²) in [6.45, 7) is 3.96. The number of nitrogens with zero attached hydrogens (tertiary/aromatic N) is 1. The van der Waals surface area contributed by atoms with Gasteiger partial charge in [0.25, 0.3) is 0 Å². The Morgan fingerprint density at radius 1 is 1.20 bits per heavy atom. The summed E-state index contributed by atoms with van der Waals surface area (Å²) in [4.78, 5) is 12.6. The fourth-order valence-corrected chi connectivity index (χ4v) is 4.67. The van der Waals surface area contributed by atoms with Crippen LogP contribution in [0.3, 0.4) is 0 Å². The van der Waals surface area contributed by atoms with Gasteiger partial charge in [0.05, 0.1) is 18.0 Å². The zero-order chi connectivity index (χ0) is 21.9. The molecule has 1 aliphatic rings. The quantitative estimate of drug-likeness (QED) is 0.719. The molecule has 0 aliphatic carbocycles. The first-order valence-electron chi connectivity index (χ1n) is 9.86. The fourth-order valence-electron chi connectivity index (χ4n) is 3.70. The lowest BCUT2D eigenvalue weighted by Crippen LogP contribution is -2.41. The first-order chi connectivity index (χ1) is 14.1. The Bertz CT molecular complexity index is 1020. The molecule has 0 saturated carbocycles. The van der Waals surface area contributed by atoms with Gasteiger partial charge in [0, 0.05) is 24.9 Å². The van der Waals surface area contributed by atoms with Crippen LogP contribution in [0.1, 0.15) is 44.7 Å². The first-order valence-corrected chi connectivity index (χ1v) is 11.7. The number of anilines is 1. The fraction of sp³-hybridized carbons (Fsp3) is 0.409. The SMILES string of the molecule is CC1(C)CC(NC(=O)CCCN(c2ccccc2F)S(C)(=O)=O)c2ccccc2O1. The number of benzene rings is 2. The minimum Gasteiger partial charge on any atom is -0.487 e. The van der Waals surface area contributed by atoms with Crippen LogP contribution in [0.2, 0.25) is 0 Å². The zero-order valence-corrected chi connectivity index (χ0v) is 18.2. The van der Waals surface area contributed by atoms with Gasteiger partial charge in [0.15, 0.2) is 0 Å². The molecule has 1 N–H and O–H groups in total. The summed E-state index contributed by atoms with van der Waals surface area (Å²) >= 11 is 0. The van der Waals surface area contributed by atoms with E-state index in [1.165, 1.54) is 18.2 Å². The van der Waals surface area contributed by atoms with E-state index in [0.717, 1.165) is 21.9 Å². The number of fused-ring (bicyclic) bond motifs is 1. The highest BCUT2D eigenvalue weighted by molar-refractivity contribution is 7.92. The summed E-state index contributed by atoms with van der Waals surface area (Å²) in [5, 5.41) is 3.03. The van der Waals surface area contributed by atoms with E-state index in [2.05, 4.69) is 5.32 Å². The van der Waals surface area contributed by atoms with Crippen molar-refractivity contribution >= 4 is 21.6 Å². The lowest BCUT2D eigenvalue weighted by Gasteiger charge is -2.37. The molecule has 1 heterocycles. The predicted molar refractivity (Wildman–Crippen MR) is 114 cm³/mol. The van der Waals surface area contributed by atoms with Crippen molar-refractivity contribution in [2.24, 2.45) is 0 Å². The number of carbonyl (C=O) groups is 1. The lowest BCUT2D eigenvalue weighted by atomic mass is 9.89. The van der Waals surface area contributed by atoms with Crippen molar-refractivity contribution in [2.75, 3.05) is 17.1 Å². The van der Waals surface area contributed by atoms with Crippen LogP contribution in [0.4, 0.5) is 10.1 Å². The van der Waals surface area contributed by atoms with Gasteiger partial charge in [-0.2, -0.15) is 0 Å². The third-order valence-electron chi connectivity index (χ3n) is 5.00. The highest BCUT2D eigenvalue weighted by Gasteiger charge is 2.34. The van der Waals surface area contributed by atoms with Crippen molar-refractivity contribution < 1.29 is 22.3 Å². The Labute approximate surface area is 177 Å². The normalized spacial score (nSPS) is 17.5. The number of carbonyl (C=O) groups excluding carboxylic acids is 1. The van der Waals surface area contributed by atoms with Crippen LogP contribution < -0.4 is 14.4 Å². The Morgan fingerprint density at radius 2 is 1.87 bits per heavy atom. The third-order valence-corrected chi connectivity index (χ3v) is 6.18. The molecule has 0 fully saturated rings. The number of amides is 1. The maximum Gasteiger partial charge on any atom is 0.232 e. The van der Waals surface area contributed by atoms with Gasteiger partial charge >= 0.3 is 0 Å². The molecule has 8 heteroatoms. The van der Waals surface area contributed by atoms with Gasteiger partial charge in [-0.1, -0.05) is 30.3 Å². The Hall–Kier alpha value is -2.61. The minimum absolute atomic E-state index is 0.0134. The molecule has 6 nitrogen and oxygen atoms in total. The van der Waals surface area contributed by atoms with Crippen LogP contribution in [-0.2, 0) is 14.8 Å². The molecule has 1 aliphatic heterocycles. The Balaban J connectivity index is 1.64. The molecular weight excluding hydrogens is 407 g/mol. The van der Waals surface area contributed by atoms with Crippen LogP contribution in [-0.4, -0.2) is 32.7 Å². The number of ether oxygens (including phenoxy) is 1. The van der Waals surface area contributed by atoms with Crippen molar-refractivity contribution in [1.29, 1.82) is 0 Å². The van der Waals surface area contributed by atoms with E-state index in [-0.39, 0.29) is 37.0 Å². The zero-order valence-electron chi connectivity index (χ0n) is 17.4. The minimum atomic E-state index is -3.68. The second-order valence-corrected chi connectivity index (χ2v) is 10.0. The molecule has 2 aromatic rings. The smallest absolute Gasteiger partial charge is 0.232 e. The lowest BCUT2D eigenvalue weighted by molar-refractivity contribution is -0.122. The van der Waals surface area contributed by atoms with E-state index in [0.29, 0.717) is 6.42 Å². The topological polar surface area (TPSA) is 75.7 Å². The van der Waals surface area contributed by atoms with Gasteiger partial charge in [0.2, 0.25) is 15.9 Å². The van der Waals surface area contributed by atoms with Gasteiger partial charge in [0.1, 0.15) is 17.2 Å². The molecule has 1 unspecified atom stereocenters. The molecule has 0 spiro atoms. The van der Waals surface area contributed by atoms with E-state index in [1.54, 1.807) is 6.07 Å². The molecule has 3 rings (SSSR count). The van der Waals surface area contributed by atoms with Gasteiger partial charge in [-0.3, -0.25) is 9.10 Å². The van der Waals surface area contributed by atoms with Crippen LogP contribution in [0.15, 0.2) is 48.5 Å². The average molecular weight is 435 g/mol. The maximum atomic E-state index is 14.1. The highest BCUT2D eigenvalue weighted by atomic mass is 32.2. The summed E-state index contributed by atoms with van der Waals surface area (Å²) < 4.78 is 45.3. The standard InChI is InChI=1S/C22H27FN2O4S/c1-22(2)15-18(16-9-4-7-12-20(16)29-22)24-21(26)13-8-14-25(30(3,27)28)19-11-6-5-10-17(19)23/h4-7,9-12,18H,8,13-15H2,1-3H3,(H,24,26). The van der Waals surface area contributed by atoms with Gasteiger partial charge in [-0.25, -0.2) is 12.8 Å². The molecule has 0 radical (unpaired) electrons. The average Bonchev–Trinajstić information content (AvgIpc) is 2.64. The van der Waals surface area contributed by atoms with Crippen LogP contribution in [0.25, 0.3) is 0 Å². The number of halogens is 1. The predicted octanol–water partition coefficient (Wildman–Crippen LogP) is 3.79. The van der Waals surface area contributed by atoms with E-state index in [4.69, 9.17) is 4.74 Å². The highest BCUT2D eigenvalue weighted by Crippen LogP contribution is 2.39. The monoisotopic (exact) mass is 434 g/mol. The molecular formula is C22H27FN2O4S.